The normalized spacial score (nSPS) is 17.2. The van der Waals surface area contributed by atoms with Crippen LogP contribution < -0.4 is 15.4 Å². The van der Waals surface area contributed by atoms with Crippen molar-refractivity contribution in [1.29, 1.82) is 0 Å². The summed E-state index contributed by atoms with van der Waals surface area (Å²) in [6, 6.07) is 7.86. The van der Waals surface area contributed by atoms with Gasteiger partial charge in [-0.05, 0) is 19.1 Å². The monoisotopic (exact) mass is 335 g/mol. The molecule has 1 fully saturated rings. The van der Waals surface area contributed by atoms with E-state index in [1.165, 1.54) is 0 Å². The summed E-state index contributed by atoms with van der Waals surface area (Å²) >= 11 is 0. The summed E-state index contributed by atoms with van der Waals surface area (Å²) in [5, 5.41) is 6.42. The van der Waals surface area contributed by atoms with Gasteiger partial charge in [0.1, 0.15) is 5.75 Å². The molecule has 1 heterocycles. The number of methoxy groups -OCH3 is 1. The molecule has 2 N–H and O–H groups in total. The summed E-state index contributed by atoms with van der Waals surface area (Å²) in [6.45, 7) is 4.86. The van der Waals surface area contributed by atoms with Crippen LogP contribution in [0.5, 0.6) is 5.75 Å². The van der Waals surface area contributed by atoms with Gasteiger partial charge in [0.25, 0.3) is 0 Å². The zero-order valence-corrected chi connectivity index (χ0v) is 13.9. The molecule has 1 aliphatic heterocycles. The largest absolute Gasteiger partial charge is 0.495 e. The Hall–Kier alpha value is -1.17. The van der Waals surface area contributed by atoms with Crippen molar-refractivity contribution < 1.29 is 9.53 Å². The van der Waals surface area contributed by atoms with E-state index < -0.39 is 0 Å². The first-order valence-corrected chi connectivity index (χ1v) is 6.59. The Labute approximate surface area is 138 Å². The molecular weight excluding hydrogens is 313 g/mol. The number of para-hydroxylation sites is 2. The van der Waals surface area contributed by atoms with Gasteiger partial charge in [0.05, 0.1) is 19.3 Å². The lowest BCUT2D eigenvalue weighted by Gasteiger charge is -2.34. The highest BCUT2D eigenvalue weighted by Gasteiger charge is 2.22. The molecule has 0 radical (unpaired) electrons. The number of halogens is 2. The second-order valence-electron chi connectivity index (χ2n) is 4.69. The Morgan fingerprint density at radius 1 is 1.43 bits per heavy atom. The Bertz CT molecular complexity index is 446. The summed E-state index contributed by atoms with van der Waals surface area (Å²) in [7, 11) is 1.63. The minimum absolute atomic E-state index is 0. The number of anilines is 1. The predicted molar refractivity (Wildman–Crippen MR) is 90.0 cm³/mol. The fourth-order valence-corrected chi connectivity index (χ4v) is 2.27. The first-order valence-electron chi connectivity index (χ1n) is 6.59. The van der Waals surface area contributed by atoms with Crippen LogP contribution in [0.3, 0.4) is 0 Å². The summed E-state index contributed by atoms with van der Waals surface area (Å²) in [4.78, 5) is 14.1. The lowest BCUT2D eigenvalue weighted by Crippen LogP contribution is -2.53. The smallest absolute Gasteiger partial charge is 0.242 e. The average Bonchev–Trinajstić information content (AvgIpc) is 2.45. The highest BCUT2D eigenvalue weighted by Crippen LogP contribution is 2.22. The lowest BCUT2D eigenvalue weighted by atomic mass is 10.2. The molecule has 0 aliphatic carbocycles. The van der Waals surface area contributed by atoms with Crippen molar-refractivity contribution in [3.63, 3.8) is 0 Å². The Balaban J connectivity index is 0.00000200. The number of benzene rings is 1. The van der Waals surface area contributed by atoms with E-state index in [4.69, 9.17) is 4.74 Å². The summed E-state index contributed by atoms with van der Waals surface area (Å²) in [6.07, 6.45) is 0. The molecule has 21 heavy (non-hydrogen) atoms. The van der Waals surface area contributed by atoms with Gasteiger partial charge in [0, 0.05) is 25.7 Å². The summed E-state index contributed by atoms with van der Waals surface area (Å²) in [5.74, 6) is 0.878. The fourth-order valence-electron chi connectivity index (χ4n) is 2.27. The molecule has 1 aromatic carbocycles. The number of amides is 1. The van der Waals surface area contributed by atoms with Crippen LogP contribution >= 0.6 is 24.8 Å². The van der Waals surface area contributed by atoms with Crippen LogP contribution in [-0.2, 0) is 4.79 Å². The SMILES string of the molecule is COc1ccccc1NCC(=O)N1CCNCC1C.Cl.Cl. The van der Waals surface area contributed by atoms with Crippen LogP contribution in [0.4, 0.5) is 5.69 Å². The molecule has 5 nitrogen and oxygen atoms in total. The van der Waals surface area contributed by atoms with Crippen molar-refractivity contribution in [2.24, 2.45) is 0 Å². The van der Waals surface area contributed by atoms with E-state index in [-0.39, 0.29) is 36.8 Å². The topological polar surface area (TPSA) is 53.6 Å². The van der Waals surface area contributed by atoms with Gasteiger partial charge < -0.3 is 20.3 Å². The average molecular weight is 336 g/mol. The molecule has 1 atom stereocenters. The maximum Gasteiger partial charge on any atom is 0.242 e. The Morgan fingerprint density at radius 2 is 2.14 bits per heavy atom. The fraction of sp³-hybridized carbons (Fsp3) is 0.500. The molecule has 0 saturated carbocycles. The number of nitrogens with zero attached hydrogens (tertiary/aromatic N) is 1. The lowest BCUT2D eigenvalue weighted by molar-refractivity contribution is -0.132. The zero-order valence-electron chi connectivity index (χ0n) is 12.3. The number of nitrogens with one attached hydrogen (secondary N) is 2. The maximum atomic E-state index is 12.2. The molecule has 1 amide bonds. The van der Waals surface area contributed by atoms with Gasteiger partial charge in [-0.15, -0.1) is 24.8 Å². The van der Waals surface area contributed by atoms with Gasteiger partial charge in [0.15, 0.2) is 0 Å². The molecule has 1 aromatic rings. The van der Waals surface area contributed by atoms with Crippen molar-refractivity contribution >= 4 is 36.4 Å². The molecule has 2 rings (SSSR count). The molecular formula is C14H23Cl2N3O2. The standard InChI is InChI=1S/C14H21N3O2.2ClH/c1-11-9-15-7-8-17(11)14(18)10-16-12-5-3-4-6-13(12)19-2;;/h3-6,11,15-16H,7-10H2,1-2H3;2*1H. The number of carbonyl (C=O) groups excluding carboxylic acids is 1. The molecule has 0 spiro atoms. The predicted octanol–water partition coefficient (Wildman–Crippen LogP) is 1.77. The molecule has 0 bridgehead atoms. The van der Waals surface area contributed by atoms with E-state index in [9.17, 15) is 4.79 Å². The van der Waals surface area contributed by atoms with E-state index in [2.05, 4.69) is 17.6 Å². The first kappa shape index (κ1) is 19.8. The van der Waals surface area contributed by atoms with E-state index in [1.807, 2.05) is 29.2 Å². The molecule has 1 aliphatic rings. The van der Waals surface area contributed by atoms with Crippen molar-refractivity contribution in [2.75, 3.05) is 38.6 Å². The highest BCUT2D eigenvalue weighted by molar-refractivity contribution is 5.85. The van der Waals surface area contributed by atoms with Crippen molar-refractivity contribution in [3.05, 3.63) is 24.3 Å². The number of hydrogen-bond acceptors (Lipinski definition) is 4. The van der Waals surface area contributed by atoms with Crippen LogP contribution in [0.2, 0.25) is 0 Å². The van der Waals surface area contributed by atoms with Crippen LogP contribution in [0.15, 0.2) is 24.3 Å². The molecule has 1 unspecified atom stereocenters. The van der Waals surface area contributed by atoms with Crippen LogP contribution in [-0.4, -0.2) is 50.1 Å². The quantitative estimate of drug-likeness (QED) is 0.880. The Kier molecular flexibility index (Phi) is 9.17. The van der Waals surface area contributed by atoms with Gasteiger partial charge in [-0.3, -0.25) is 4.79 Å². The summed E-state index contributed by atoms with van der Waals surface area (Å²) in [5.41, 5.74) is 0.848. The van der Waals surface area contributed by atoms with Crippen LogP contribution in [0.25, 0.3) is 0 Å². The van der Waals surface area contributed by atoms with E-state index in [0.29, 0.717) is 6.54 Å². The Morgan fingerprint density at radius 3 is 2.81 bits per heavy atom. The number of piperazine rings is 1. The number of hydrogen-bond donors (Lipinski definition) is 2. The van der Waals surface area contributed by atoms with Crippen LogP contribution in [0.1, 0.15) is 6.92 Å². The summed E-state index contributed by atoms with van der Waals surface area (Å²) < 4.78 is 5.25. The zero-order chi connectivity index (χ0) is 13.7. The van der Waals surface area contributed by atoms with Gasteiger partial charge in [-0.2, -0.15) is 0 Å². The van der Waals surface area contributed by atoms with Crippen molar-refractivity contribution in [2.45, 2.75) is 13.0 Å². The van der Waals surface area contributed by atoms with Crippen molar-refractivity contribution in [3.8, 4) is 5.75 Å². The van der Waals surface area contributed by atoms with Crippen molar-refractivity contribution in [1.82, 2.24) is 10.2 Å². The van der Waals surface area contributed by atoms with Gasteiger partial charge in [-0.25, -0.2) is 0 Å². The minimum Gasteiger partial charge on any atom is -0.495 e. The molecule has 7 heteroatoms. The second-order valence-corrected chi connectivity index (χ2v) is 4.69. The third kappa shape index (κ3) is 5.26. The third-order valence-electron chi connectivity index (χ3n) is 3.36. The van der Waals surface area contributed by atoms with Gasteiger partial charge >= 0.3 is 0 Å². The number of ether oxygens (including phenoxy) is 1. The van der Waals surface area contributed by atoms with E-state index in [0.717, 1.165) is 31.1 Å². The van der Waals surface area contributed by atoms with Gasteiger partial charge in [-0.1, -0.05) is 12.1 Å². The first-order chi connectivity index (χ1) is 9.22. The maximum absolute atomic E-state index is 12.2. The third-order valence-corrected chi connectivity index (χ3v) is 3.36. The number of carbonyl (C=O) groups is 1. The molecule has 1 saturated heterocycles. The van der Waals surface area contributed by atoms with Crippen LogP contribution in [0, 0.1) is 0 Å². The van der Waals surface area contributed by atoms with E-state index in [1.54, 1.807) is 7.11 Å². The molecule has 120 valence electrons. The highest BCUT2D eigenvalue weighted by atomic mass is 35.5. The number of rotatable bonds is 4. The van der Waals surface area contributed by atoms with E-state index >= 15 is 0 Å². The van der Waals surface area contributed by atoms with Gasteiger partial charge in [0.2, 0.25) is 5.91 Å². The molecule has 0 aromatic heterocycles. The second kappa shape index (κ2) is 9.71. The minimum atomic E-state index is 0.